The molecule has 3 rings (SSSR count). The second kappa shape index (κ2) is 3.65. The monoisotopic (exact) mass is 235 g/mol. The van der Waals surface area contributed by atoms with Gasteiger partial charge in [0.15, 0.2) is 11.5 Å². The van der Waals surface area contributed by atoms with Gasteiger partial charge in [-0.1, -0.05) is 0 Å². The predicted molar refractivity (Wildman–Crippen MR) is 59.4 cm³/mol. The minimum atomic E-state index is -0.405. The summed E-state index contributed by atoms with van der Waals surface area (Å²) in [6, 6.07) is 4.43. The zero-order valence-electron chi connectivity index (χ0n) is 8.87. The first-order chi connectivity index (χ1) is 8.25. The Kier molecular flexibility index (Phi) is 2.14. The fourth-order valence-electron chi connectivity index (χ4n) is 1.81. The third-order valence-corrected chi connectivity index (χ3v) is 2.53. The first kappa shape index (κ1) is 9.95. The topological polar surface area (TPSA) is 73.2 Å². The Morgan fingerprint density at radius 2 is 2.12 bits per heavy atom. The van der Waals surface area contributed by atoms with Gasteiger partial charge in [0.25, 0.3) is 0 Å². The van der Waals surface area contributed by atoms with E-state index >= 15 is 0 Å². The number of aromatic nitrogens is 2. The SMILES string of the molecule is Nc1cc(-c2c(F)ccc3c2OCCO3)[nH]n1. The smallest absolute Gasteiger partial charge is 0.173 e. The van der Waals surface area contributed by atoms with Crippen LogP contribution in [0.4, 0.5) is 10.2 Å². The standard InChI is InChI=1S/C11H10FN3O2/c12-6-1-2-8-11(17-4-3-16-8)10(6)7-5-9(13)15-14-7/h1-2,5H,3-4H2,(H3,13,14,15). The molecule has 0 unspecified atom stereocenters. The molecule has 0 fully saturated rings. The lowest BCUT2D eigenvalue weighted by molar-refractivity contribution is 0.171. The predicted octanol–water partition coefficient (Wildman–Crippen LogP) is 1.57. The van der Waals surface area contributed by atoms with Crippen LogP contribution in [0.3, 0.4) is 0 Å². The highest BCUT2D eigenvalue weighted by Crippen LogP contribution is 2.41. The van der Waals surface area contributed by atoms with E-state index in [1.807, 2.05) is 0 Å². The summed E-state index contributed by atoms with van der Waals surface area (Å²) in [5, 5.41) is 6.43. The number of anilines is 1. The van der Waals surface area contributed by atoms with Gasteiger partial charge < -0.3 is 15.2 Å². The summed E-state index contributed by atoms with van der Waals surface area (Å²) in [6.07, 6.45) is 0. The number of nitrogens with two attached hydrogens (primary N) is 1. The lowest BCUT2D eigenvalue weighted by atomic mass is 10.1. The minimum absolute atomic E-state index is 0.298. The second-order valence-electron chi connectivity index (χ2n) is 3.65. The molecule has 0 atom stereocenters. The van der Waals surface area contributed by atoms with Gasteiger partial charge in [0, 0.05) is 6.07 Å². The average molecular weight is 235 g/mol. The fourth-order valence-corrected chi connectivity index (χ4v) is 1.81. The maximum absolute atomic E-state index is 13.8. The van der Waals surface area contributed by atoms with Crippen LogP contribution in [-0.2, 0) is 0 Å². The van der Waals surface area contributed by atoms with E-state index in [4.69, 9.17) is 15.2 Å². The van der Waals surface area contributed by atoms with Gasteiger partial charge in [-0.25, -0.2) is 4.39 Å². The minimum Gasteiger partial charge on any atom is -0.486 e. The van der Waals surface area contributed by atoms with Crippen LogP contribution in [0.25, 0.3) is 11.3 Å². The van der Waals surface area contributed by atoms with E-state index in [9.17, 15) is 4.39 Å². The van der Waals surface area contributed by atoms with Crippen molar-refractivity contribution in [2.75, 3.05) is 18.9 Å². The molecule has 1 aliphatic heterocycles. The molecule has 3 N–H and O–H groups in total. The quantitative estimate of drug-likeness (QED) is 0.786. The van der Waals surface area contributed by atoms with Crippen LogP contribution in [0.5, 0.6) is 11.5 Å². The largest absolute Gasteiger partial charge is 0.486 e. The van der Waals surface area contributed by atoms with Gasteiger partial charge in [0.05, 0.1) is 11.3 Å². The van der Waals surface area contributed by atoms with Crippen molar-refractivity contribution in [2.24, 2.45) is 0 Å². The van der Waals surface area contributed by atoms with Gasteiger partial charge in [-0.05, 0) is 12.1 Å². The van der Waals surface area contributed by atoms with E-state index in [0.717, 1.165) is 0 Å². The highest BCUT2D eigenvalue weighted by molar-refractivity contribution is 5.73. The zero-order chi connectivity index (χ0) is 11.8. The van der Waals surface area contributed by atoms with Crippen LogP contribution >= 0.6 is 0 Å². The molecule has 0 spiro atoms. The Balaban J connectivity index is 2.20. The fraction of sp³-hybridized carbons (Fsp3) is 0.182. The summed E-state index contributed by atoms with van der Waals surface area (Å²) in [4.78, 5) is 0. The van der Waals surface area contributed by atoms with E-state index in [0.29, 0.717) is 41.8 Å². The number of benzene rings is 1. The number of rotatable bonds is 1. The Bertz CT molecular complexity index is 568. The van der Waals surface area contributed by atoms with E-state index in [-0.39, 0.29) is 0 Å². The summed E-state index contributed by atoms with van der Waals surface area (Å²) in [7, 11) is 0. The van der Waals surface area contributed by atoms with Crippen molar-refractivity contribution < 1.29 is 13.9 Å². The van der Waals surface area contributed by atoms with Crippen molar-refractivity contribution in [3.05, 3.63) is 24.0 Å². The maximum Gasteiger partial charge on any atom is 0.173 e. The van der Waals surface area contributed by atoms with Crippen molar-refractivity contribution in [3.63, 3.8) is 0 Å². The summed E-state index contributed by atoms with van der Waals surface area (Å²) in [5.41, 5.74) is 6.28. The highest BCUT2D eigenvalue weighted by Gasteiger charge is 2.22. The van der Waals surface area contributed by atoms with Gasteiger partial charge in [0.1, 0.15) is 24.8 Å². The number of nitrogen functional groups attached to an aromatic ring is 1. The van der Waals surface area contributed by atoms with Crippen LogP contribution < -0.4 is 15.2 Å². The average Bonchev–Trinajstić information content (AvgIpc) is 2.75. The molecule has 0 saturated heterocycles. The van der Waals surface area contributed by atoms with E-state index in [1.54, 1.807) is 12.1 Å². The van der Waals surface area contributed by atoms with Crippen LogP contribution in [0.1, 0.15) is 0 Å². The number of ether oxygens (including phenoxy) is 2. The molecule has 88 valence electrons. The summed E-state index contributed by atoms with van der Waals surface area (Å²) in [6.45, 7) is 0.857. The molecule has 1 aromatic carbocycles. The molecule has 6 heteroatoms. The molecule has 1 aromatic heterocycles. The second-order valence-corrected chi connectivity index (χ2v) is 3.65. The Morgan fingerprint density at radius 1 is 1.29 bits per heavy atom. The zero-order valence-corrected chi connectivity index (χ0v) is 8.87. The van der Waals surface area contributed by atoms with Crippen molar-refractivity contribution in [1.29, 1.82) is 0 Å². The molecule has 0 amide bonds. The Labute approximate surface area is 96.3 Å². The van der Waals surface area contributed by atoms with Gasteiger partial charge >= 0.3 is 0 Å². The molecule has 0 aliphatic carbocycles. The number of hydrogen-bond acceptors (Lipinski definition) is 4. The van der Waals surface area contributed by atoms with Gasteiger partial charge in [-0.2, -0.15) is 5.10 Å². The molecule has 2 heterocycles. The van der Waals surface area contributed by atoms with Crippen molar-refractivity contribution >= 4 is 5.82 Å². The third-order valence-electron chi connectivity index (χ3n) is 2.53. The number of fused-ring (bicyclic) bond motifs is 1. The molecule has 1 aliphatic rings. The van der Waals surface area contributed by atoms with Crippen LogP contribution in [0.15, 0.2) is 18.2 Å². The molecular weight excluding hydrogens is 225 g/mol. The number of nitrogens with zero attached hydrogens (tertiary/aromatic N) is 1. The van der Waals surface area contributed by atoms with Gasteiger partial charge in [-0.15, -0.1) is 0 Å². The summed E-state index contributed by atoms with van der Waals surface area (Å²) < 4.78 is 24.7. The lowest BCUT2D eigenvalue weighted by Gasteiger charge is -2.20. The Hall–Kier alpha value is -2.24. The number of halogens is 1. The summed E-state index contributed by atoms with van der Waals surface area (Å²) >= 11 is 0. The number of H-pyrrole nitrogens is 1. The number of nitrogens with one attached hydrogen (secondary N) is 1. The molecule has 5 nitrogen and oxygen atoms in total. The van der Waals surface area contributed by atoms with E-state index in [2.05, 4.69) is 10.2 Å². The van der Waals surface area contributed by atoms with Crippen molar-refractivity contribution in [1.82, 2.24) is 10.2 Å². The third kappa shape index (κ3) is 1.57. The van der Waals surface area contributed by atoms with Crippen molar-refractivity contribution in [3.8, 4) is 22.8 Å². The molecular formula is C11H10FN3O2. The highest BCUT2D eigenvalue weighted by atomic mass is 19.1. The molecule has 17 heavy (non-hydrogen) atoms. The lowest BCUT2D eigenvalue weighted by Crippen LogP contribution is -2.16. The Morgan fingerprint density at radius 3 is 2.88 bits per heavy atom. The summed E-state index contributed by atoms with van der Waals surface area (Å²) in [5.74, 6) is 0.812. The maximum atomic E-state index is 13.8. The first-order valence-electron chi connectivity index (χ1n) is 5.15. The first-order valence-corrected chi connectivity index (χ1v) is 5.15. The molecule has 0 bridgehead atoms. The van der Waals surface area contributed by atoms with E-state index < -0.39 is 5.82 Å². The van der Waals surface area contributed by atoms with Gasteiger partial charge in [0.2, 0.25) is 0 Å². The van der Waals surface area contributed by atoms with Crippen LogP contribution in [0, 0.1) is 5.82 Å². The van der Waals surface area contributed by atoms with Crippen molar-refractivity contribution in [2.45, 2.75) is 0 Å². The van der Waals surface area contributed by atoms with Crippen LogP contribution in [-0.4, -0.2) is 23.4 Å². The normalized spacial score (nSPS) is 13.7. The number of aromatic amines is 1. The van der Waals surface area contributed by atoms with Crippen LogP contribution in [0.2, 0.25) is 0 Å². The van der Waals surface area contributed by atoms with E-state index in [1.165, 1.54) is 6.07 Å². The molecule has 0 saturated carbocycles. The number of hydrogen-bond donors (Lipinski definition) is 2. The molecule has 0 radical (unpaired) electrons. The molecule has 2 aromatic rings. The van der Waals surface area contributed by atoms with Gasteiger partial charge in [-0.3, -0.25) is 5.10 Å².